The second-order valence-corrected chi connectivity index (χ2v) is 10.1. The van der Waals surface area contributed by atoms with Crippen LogP contribution in [0.1, 0.15) is 46.0 Å². The molecular formula is C21H34N2O5S2. The molecule has 9 heteroatoms. The van der Waals surface area contributed by atoms with Crippen molar-refractivity contribution in [1.82, 2.24) is 10.0 Å². The molecule has 170 valence electrons. The van der Waals surface area contributed by atoms with E-state index in [2.05, 4.69) is 23.9 Å². The number of unbranched alkanes of at least 4 members (excludes halogenated alkanes) is 1. The summed E-state index contributed by atoms with van der Waals surface area (Å²) < 4.78 is 39.4. The largest absolute Gasteiger partial charge is 0.486 e. The number of hydrogen-bond donors (Lipinski definition) is 2. The number of benzene rings is 1. The number of thioether (sulfide) groups is 1. The molecule has 0 aromatic heterocycles. The molecule has 0 unspecified atom stereocenters. The number of nitrogens with one attached hydrogen (secondary N) is 2. The fourth-order valence-electron chi connectivity index (χ4n) is 3.24. The van der Waals surface area contributed by atoms with Gasteiger partial charge in [0.25, 0.3) is 0 Å². The van der Waals surface area contributed by atoms with Crippen LogP contribution in [-0.4, -0.2) is 52.1 Å². The summed E-state index contributed by atoms with van der Waals surface area (Å²) in [6.07, 6.45) is 6.65. The van der Waals surface area contributed by atoms with E-state index >= 15 is 0 Å². The van der Waals surface area contributed by atoms with Crippen LogP contribution >= 0.6 is 11.8 Å². The number of fused-ring (bicyclic) bond motifs is 1. The van der Waals surface area contributed by atoms with Gasteiger partial charge in [-0.25, -0.2) is 8.42 Å². The molecule has 1 heterocycles. The third-order valence-electron chi connectivity index (χ3n) is 5.16. The molecule has 0 fully saturated rings. The maximum absolute atomic E-state index is 12.9. The van der Waals surface area contributed by atoms with E-state index in [1.54, 1.807) is 17.8 Å². The van der Waals surface area contributed by atoms with Gasteiger partial charge >= 0.3 is 0 Å². The number of rotatable bonds is 13. The van der Waals surface area contributed by atoms with Gasteiger partial charge in [0.1, 0.15) is 19.3 Å². The van der Waals surface area contributed by atoms with Crippen molar-refractivity contribution in [3.8, 4) is 11.5 Å². The lowest BCUT2D eigenvalue weighted by Crippen LogP contribution is -2.48. The molecule has 0 spiro atoms. The summed E-state index contributed by atoms with van der Waals surface area (Å²) in [4.78, 5) is 12.9. The predicted octanol–water partition coefficient (Wildman–Crippen LogP) is 3.19. The van der Waals surface area contributed by atoms with Crippen molar-refractivity contribution in [3.05, 3.63) is 18.2 Å². The van der Waals surface area contributed by atoms with Crippen molar-refractivity contribution in [3.63, 3.8) is 0 Å². The van der Waals surface area contributed by atoms with Crippen LogP contribution in [0.15, 0.2) is 23.1 Å². The summed E-state index contributed by atoms with van der Waals surface area (Å²) in [5.41, 5.74) is 0. The fourth-order valence-corrected chi connectivity index (χ4v) is 4.95. The minimum Gasteiger partial charge on any atom is -0.486 e. The lowest BCUT2D eigenvalue weighted by Gasteiger charge is -2.22. The first-order valence-corrected chi connectivity index (χ1v) is 13.5. The van der Waals surface area contributed by atoms with Gasteiger partial charge in [-0.2, -0.15) is 16.5 Å². The Labute approximate surface area is 184 Å². The average Bonchev–Trinajstić information content (AvgIpc) is 2.76. The Bertz CT molecular complexity index is 786. The minimum absolute atomic E-state index is 0.0584. The van der Waals surface area contributed by atoms with Crippen LogP contribution in [0.5, 0.6) is 11.5 Å². The SMILES string of the molecule is CCCC[C@@H](CC)CNC(=O)[C@H](CCSC)NS(=O)(=O)c1ccc2c(c1)OCCO2. The van der Waals surface area contributed by atoms with E-state index in [1.165, 1.54) is 12.1 Å². The molecule has 2 N–H and O–H groups in total. The van der Waals surface area contributed by atoms with Crippen molar-refractivity contribution in [1.29, 1.82) is 0 Å². The molecule has 0 bridgehead atoms. The molecule has 7 nitrogen and oxygen atoms in total. The smallest absolute Gasteiger partial charge is 0.241 e. The zero-order valence-corrected chi connectivity index (χ0v) is 19.7. The molecule has 1 aromatic rings. The minimum atomic E-state index is -3.88. The van der Waals surface area contributed by atoms with Gasteiger partial charge in [-0.15, -0.1) is 0 Å². The Morgan fingerprint density at radius 3 is 2.57 bits per heavy atom. The van der Waals surface area contributed by atoms with E-state index in [1.807, 2.05) is 6.26 Å². The number of amides is 1. The Morgan fingerprint density at radius 1 is 1.17 bits per heavy atom. The average molecular weight is 459 g/mol. The second kappa shape index (κ2) is 12.4. The molecule has 1 aliphatic rings. The summed E-state index contributed by atoms with van der Waals surface area (Å²) in [5.74, 6) is 1.73. The quantitative estimate of drug-likeness (QED) is 0.472. The van der Waals surface area contributed by atoms with Crippen LogP contribution in [-0.2, 0) is 14.8 Å². The van der Waals surface area contributed by atoms with Gasteiger partial charge in [0.15, 0.2) is 11.5 Å². The van der Waals surface area contributed by atoms with Crippen LogP contribution in [0.3, 0.4) is 0 Å². The van der Waals surface area contributed by atoms with Gasteiger partial charge in [-0.1, -0.05) is 33.1 Å². The van der Waals surface area contributed by atoms with Gasteiger partial charge in [0.2, 0.25) is 15.9 Å². The lowest BCUT2D eigenvalue weighted by molar-refractivity contribution is -0.122. The van der Waals surface area contributed by atoms with Crippen LogP contribution in [0, 0.1) is 5.92 Å². The summed E-state index contributed by atoms with van der Waals surface area (Å²) in [7, 11) is -3.88. The summed E-state index contributed by atoms with van der Waals surface area (Å²) in [6, 6.07) is 3.68. The van der Waals surface area contributed by atoms with Gasteiger partial charge in [0.05, 0.1) is 4.90 Å². The van der Waals surface area contributed by atoms with Crippen molar-refractivity contribution in [2.45, 2.75) is 56.9 Å². The highest BCUT2D eigenvalue weighted by Crippen LogP contribution is 2.32. The second-order valence-electron chi connectivity index (χ2n) is 7.42. The number of carbonyl (C=O) groups excluding carboxylic acids is 1. The first-order chi connectivity index (χ1) is 14.4. The van der Waals surface area contributed by atoms with Crippen molar-refractivity contribution in [2.24, 2.45) is 5.92 Å². The molecule has 1 aromatic carbocycles. The van der Waals surface area contributed by atoms with E-state index in [0.29, 0.717) is 49.3 Å². The molecule has 1 amide bonds. The normalized spacial score (nSPS) is 15.4. The molecule has 0 aliphatic carbocycles. The highest BCUT2D eigenvalue weighted by molar-refractivity contribution is 7.98. The summed E-state index contributed by atoms with van der Waals surface area (Å²) in [6.45, 7) is 5.64. The topological polar surface area (TPSA) is 93.7 Å². The fraction of sp³-hybridized carbons (Fsp3) is 0.667. The van der Waals surface area contributed by atoms with Crippen molar-refractivity contribution in [2.75, 3.05) is 31.8 Å². The molecule has 30 heavy (non-hydrogen) atoms. The Hall–Kier alpha value is -1.45. The molecule has 1 aliphatic heterocycles. The van der Waals surface area contributed by atoms with Gasteiger partial charge < -0.3 is 14.8 Å². The third kappa shape index (κ3) is 7.35. The maximum atomic E-state index is 12.9. The zero-order chi connectivity index (χ0) is 22.0. The van der Waals surface area contributed by atoms with E-state index in [9.17, 15) is 13.2 Å². The molecule has 2 rings (SSSR count). The summed E-state index contributed by atoms with van der Waals surface area (Å²) >= 11 is 1.58. The Kier molecular flexibility index (Phi) is 10.3. The molecule has 0 saturated heterocycles. The number of carbonyl (C=O) groups is 1. The maximum Gasteiger partial charge on any atom is 0.241 e. The summed E-state index contributed by atoms with van der Waals surface area (Å²) in [5, 5.41) is 2.96. The Morgan fingerprint density at radius 2 is 1.90 bits per heavy atom. The lowest BCUT2D eigenvalue weighted by atomic mass is 9.99. The van der Waals surface area contributed by atoms with E-state index < -0.39 is 16.1 Å². The third-order valence-corrected chi connectivity index (χ3v) is 7.27. The van der Waals surface area contributed by atoms with E-state index in [4.69, 9.17) is 9.47 Å². The van der Waals surface area contributed by atoms with Crippen molar-refractivity contribution >= 4 is 27.7 Å². The highest BCUT2D eigenvalue weighted by Gasteiger charge is 2.27. The Balaban J connectivity index is 2.07. The first-order valence-electron chi connectivity index (χ1n) is 10.6. The molecule has 0 saturated carbocycles. The van der Waals surface area contributed by atoms with E-state index in [-0.39, 0.29) is 10.8 Å². The number of sulfonamides is 1. The highest BCUT2D eigenvalue weighted by atomic mass is 32.2. The van der Waals surface area contributed by atoms with Gasteiger partial charge in [-0.05, 0) is 42.9 Å². The van der Waals surface area contributed by atoms with Gasteiger partial charge in [0, 0.05) is 12.6 Å². The number of hydrogen-bond acceptors (Lipinski definition) is 6. The van der Waals surface area contributed by atoms with Crippen molar-refractivity contribution < 1.29 is 22.7 Å². The molecule has 0 radical (unpaired) electrons. The predicted molar refractivity (Wildman–Crippen MR) is 121 cm³/mol. The van der Waals surface area contributed by atoms with Gasteiger partial charge in [-0.3, -0.25) is 4.79 Å². The molecule has 2 atom stereocenters. The molecular weight excluding hydrogens is 424 g/mol. The number of ether oxygens (including phenoxy) is 2. The standard InChI is InChI=1S/C21H34N2O5S2/c1-4-6-7-16(5-2)15-22-21(24)18(10-13-29-3)23-30(25,26)17-8-9-19-20(14-17)28-12-11-27-19/h8-9,14,16,18,23H,4-7,10-13,15H2,1-3H3,(H,22,24)/t16-,18+/m1/s1. The van der Waals surface area contributed by atoms with Crippen LogP contribution in [0.25, 0.3) is 0 Å². The van der Waals surface area contributed by atoms with Crippen LogP contribution in [0.2, 0.25) is 0 Å². The zero-order valence-electron chi connectivity index (χ0n) is 18.1. The van der Waals surface area contributed by atoms with E-state index in [0.717, 1.165) is 25.7 Å². The van der Waals surface area contributed by atoms with Crippen LogP contribution in [0.4, 0.5) is 0 Å². The first kappa shape index (κ1) is 24.8. The van der Waals surface area contributed by atoms with Crippen LogP contribution < -0.4 is 19.5 Å². The monoisotopic (exact) mass is 458 g/mol.